The summed E-state index contributed by atoms with van der Waals surface area (Å²) in [6.45, 7) is 7.04. The van der Waals surface area contributed by atoms with E-state index in [1.165, 1.54) is 59.9 Å². The topological polar surface area (TPSA) is 25.5 Å². The van der Waals surface area contributed by atoms with Gasteiger partial charge >= 0.3 is 0 Å². The van der Waals surface area contributed by atoms with Crippen molar-refractivity contribution in [2.45, 2.75) is 37.3 Å². The van der Waals surface area contributed by atoms with Crippen molar-refractivity contribution in [2.75, 3.05) is 46.3 Å². The fourth-order valence-corrected chi connectivity index (χ4v) is 7.76. The first-order chi connectivity index (χ1) is 18.7. The molecule has 3 atom stereocenters. The quantitative estimate of drug-likeness (QED) is 0.353. The zero-order valence-corrected chi connectivity index (χ0v) is 22.6. The number of nitrogens with zero attached hydrogens (tertiary/aromatic N) is 3. The predicted octanol–water partition coefficient (Wildman–Crippen LogP) is 5.93. The second kappa shape index (κ2) is 10.3. The maximum absolute atomic E-state index is 3.53. The molecule has 38 heavy (non-hydrogen) atoms. The molecule has 2 saturated heterocycles. The molecule has 2 aliphatic heterocycles. The Morgan fingerprint density at radius 2 is 1.55 bits per heavy atom. The summed E-state index contributed by atoms with van der Waals surface area (Å²) in [5.41, 5.74) is 7.24. The van der Waals surface area contributed by atoms with Crippen LogP contribution in [0.2, 0.25) is 0 Å². The van der Waals surface area contributed by atoms with E-state index >= 15 is 0 Å². The molecular weight excluding hydrogens is 464 g/mol. The van der Waals surface area contributed by atoms with Crippen LogP contribution in [0, 0.1) is 5.92 Å². The van der Waals surface area contributed by atoms with Crippen LogP contribution >= 0.6 is 0 Å². The van der Waals surface area contributed by atoms with Crippen LogP contribution in [0.4, 0.5) is 0 Å². The maximum atomic E-state index is 3.53. The van der Waals surface area contributed by atoms with Crippen LogP contribution in [0.3, 0.4) is 0 Å². The van der Waals surface area contributed by atoms with Crippen LogP contribution in [0.25, 0.3) is 10.9 Å². The van der Waals surface area contributed by atoms with Crippen molar-refractivity contribution in [3.05, 3.63) is 107 Å². The van der Waals surface area contributed by atoms with E-state index in [-0.39, 0.29) is 0 Å². The Bertz CT molecular complexity index is 1320. The molecule has 3 heterocycles. The van der Waals surface area contributed by atoms with Gasteiger partial charge in [0.05, 0.1) is 6.04 Å². The molecule has 0 unspecified atom stereocenters. The Balaban J connectivity index is 0.993. The highest BCUT2D eigenvalue weighted by Gasteiger charge is 2.39. The molecule has 7 rings (SSSR count). The highest BCUT2D eigenvalue weighted by Crippen LogP contribution is 2.45. The van der Waals surface area contributed by atoms with Gasteiger partial charge in [-0.25, -0.2) is 0 Å². The minimum Gasteiger partial charge on any atom is -0.361 e. The molecule has 2 fully saturated rings. The summed E-state index contributed by atoms with van der Waals surface area (Å²) in [6.07, 6.45) is 6.09. The van der Waals surface area contributed by atoms with Gasteiger partial charge in [0, 0.05) is 61.8 Å². The van der Waals surface area contributed by atoms with E-state index in [1.807, 2.05) is 0 Å². The summed E-state index contributed by atoms with van der Waals surface area (Å²) in [7, 11) is 2.37. The first-order valence-corrected chi connectivity index (χ1v) is 14.6. The van der Waals surface area contributed by atoms with Gasteiger partial charge in [-0.1, -0.05) is 72.8 Å². The Hall–Kier alpha value is -2.92. The smallest absolute Gasteiger partial charge is 0.0602 e. The van der Waals surface area contributed by atoms with Crippen molar-refractivity contribution in [1.82, 2.24) is 19.7 Å². The fourth-order valence-electron chi connectivity index (χ4n) is 7.76. The number of nitrogens with one attached hydrogen (secondary N) is 1. The number of rotatable bonds is 6. The third-order valence-corrected chi connectivity index (χ3v) is 9.67. The summed E-state index contributed by atoms with van der Waals surface area (Å²) >= 11 is 0. The number of aromatic amines is 1. The minimum atomic E-state index is 0.343. The number of likely N-dealkylation sites (tertiary alicyclic amines) is 1. The summed E-state index contributed by atoms with van der Waals surface area (Å²) in [6, 6.07) is 30.0. The number of piperidine rings is 1. The molecule has 1 aliphatic carbocycles. The van der Waals surface area contributed by atoms with E-state index in [2.05, 4.69) is 112 Å². The van der Waals surface area contributed by atoms with Gasteiger partial charge in [0.2, 0.25) is 0 Å². The third kappa shape index (κ3) is 4.49. The highest BCUT2D eigenvalue weighted by molar-refractivity contribution is 5.88. The molecule has 0 bridgehead atoms. The number of hydrogen-bond donors (Lipinski definition) is 1. The molecule has 1 N–H and O–H groups in total. The second-order valence-corrected chi connectivity index (χ2v) is 11.9. The van der Waals surface area contributed by atoms with E-state index in [1.54, 1.807) is 5.56 Å². The van der Waals surface area contributed by atoms with Crippen LogP contribution in [-0.4, -0.2) is 72.0 Å². The summed E-state index contributed by atoms with van der Waals surface area (Å²) in [5, 5.41) is 1.52. The van der Waals surface area contributed by atoms with E-state index in [0.29, 0.717) is 18.0 Å². The zero-order valence-electron chi connectivity index (χ0n) is 22.6. The number of H-pyrrole nitrogens is 1. The van der Waals surface area contributed by atoms with Crippen molar-refractivity contribution in [3.8, 4) is 0 Å². The van der Waals surface area contributed by atoms with Crippen LogP contribution < -0.4 is 0 Å². The standard InChI is InChI=1S/C34H40N4/c1-36-24-25(21-30-29-13-8-14-31-33(29)28(23-35-31)22-32(30)36)15-16-37-17-19-38(20-18-37)34(26-9-4-2-5-10-26)27-11-6-3-7-12-27/h2-14,23,25,30,32,34-35H,15-22,24H2,1H3/t25-,30-,32-/m1/s1. The second-order valence-electron chi connectivity index (χ2n) is 11.9. The lowest BCUT2D eigenvalue weighted by Crippen LogP contribution is -2.50. The van der Waals surface area contributed by atoms with Gasteiger partial charge in [0.25, 0.3) is 0 Å². The lowest BCUT2D eigenvalue weighted by atomic mass is 9.72. The summed E-state index contributed by atoms with van der Waals surface area (Å²) in [4.78, 5) is 11.6. The van der Waals surface area contributed by atoms with Crippen LogP contribution in [0.15, 0.2) is 85.1 Å². The molecule has 0 amide bonds. The molecule has 0 spiro atoms. The van der Waals surface area contributed by atoms with Crippen molar-refractivity contribution in [3.63, 3.8) is 0 Å². The third-order valence-electron chi connectivity index (χ3n) is 9.67. The number of fused-ring (bicyclic) bond motifs is 2. The molecule has 0 radical (unpaired) electrons. The molecule has 4 aromatic rings. The number of benzene rings is 3. The van der Waals surface area contributed by atoms with Crippen molar-refractivity contribution in [2.24, 2.45) is 5.92 Å². The van der Waals surface area contributed by atoms with Gasteiger partial charge < -0.3 is 14.8 Å². The van der Waals surface area contributed by atoms with E-state index in [9.17, 15) is 0 Å². The minimum absolute atomic E-state index is 0.343. The van der Waals surface area contributed by atoms with E-state index < -0.39 is 0 Å². The molecule has 3 aromatic carbocycles. The molecule has 196 valence electrons. The van der Waals surface area contributed by atoms with Gasteiger partial charge in [0.1, 0.15) is 0 Å². The largest absolute Gasteiger partial charge is 0.361 e. The molecule has 3 aliphatic rings. The maximum Gasteiger partial charge on any atom is 0.0602 e. The number of hydrogen-bond acceptors (Lipinski definition) is 3. The Kier molecular flexibility index (Phi) is 6.56. The molecule has 0 saturated carbocycles. The average molecular weight is 505 g/mol. The summed E-state index contributed by atoms with van der Waals surface area (Å²) in [5.74, 6) is 1.44. The van der Waals surface area contributed by atoms with E-state index in [0.717, 1.165) is 32.1 Å². The first-order valence-electron chi connectivity index (χ1n) is 14.6. The average Bonchev–Trinajstić information content (AvgIpc) is 3.39. The Labute approximate surface area is 227 Å². The molecule has 1 aromatic heterocycles. The van der Waals surface area contributed by atoms with E-state index in [4.69, 9.17) is 0 Å². The highest BCUT2D eigenvalue weighted by atomic mass is 15.3. The fraction of sp³-hybridized carbons (Fsp3) is 0.412. The van der Waals surface area contributed by atoms with Crippen LogP contribution in [0.5, 0.6) is 0 Å². The van der Waals surface area contributed by atoms with Crippen molar-refractivity contribution in [1.29, 1.82) is 0 Å². The van der Waals surface area contributed by atoms with Gasteiger partial charge in [-0.3, -0.25) is 4.90 Å². The molecular formula is C34H40N4. The Morgan fingerprint density at radius 1 is 0.842 bits per heavy atom. The lowest BCUT2D eigenvalue weighted by Gasteiger charge is -2.46. The van der Waals surface area contributed by atoms with Gasteiger partial charge in [-0.05, 0) is 67.1 Å². The van der Waals surface area contributed by atoms with Crippen molar-refractivity contribution < 1.29 is 0 Å². The van der Waals surface area contributed by atoms with Gasteiger partial charge in [-0.2, -0.15) is 0 Å². The first kappa shape index (κ1) is 24.1. The predicted molar refractivity (Wildman–Crippen MR) is 157 cm³/mol. The SMILES string of the molecule is CN1C[C@H](CCN2CCN(C(c3ccccc3)c3ccccc3)CC2)C[C@@H]2c3cccc4[nH]cc(c34)C[C@H]21. The zero-order chi connectivity index (χ0) is 25.5. The number of aromatic nitrogens is 1. The Morgan fingerprint density at radius 3 is 2.26 bits per heavy atom. The van der Waals surface area contributed by atoms with Crippen LogP contribution in [0.1, 0.15) is 47.1 Å². The summed E-state index contributed by atoms with van der Waals surface area (Å²) < 4.78 is 0. The van der Waals surface area contributed by atoms with Gasteiger partial charge in [0.15, 0.2) is 0 Å². The van der Waals surface area contributed by atoms with Crippen LogP contribution in [-0.2, 0) is 6.42 Å². The normalized spacial score (nSPS) is 24.6. The van der Waals surface area contributed by atoms with Gasteiger partial charge in [-0.15, -0.1) is 0 Å². The molecule has 4 heteroatoms. The number of piperazine rings is 1. The van der Waals surface area contributed by atoms with Crippen molar-refractivity contribution >= 4 is 10.9 Å². The molecule has 4 nitrogen and oxygen atoms in total. The lowest BCUT2D eigenvalue weighted by molar-refractivity contribution is 0.0807. The number of likely N-dealkylation sites (N-methyl/N-ethyl adjacent to an activating group) is 1. The monoisotopic (exact) mass is 504 g/mol.